The van der Waals surface area contributed by atoms with Crippen LogP contribution in [-0.4, -0.2) is 78.6 Å². The summed E-state index contributed by atoms with van der Waals surface area (Å²) >= 11 is 0. The molecule has 0 aromatic carbocycles. The van der Waals surface area contributed by atoms with E-state index in [2.05, 4.69) is 94.0 Å². The van der Waals surface area contributed by atoms with E-state index in [1.165, 1.54) is 20.2 Å². The van der Waals surface area contributed by atoms with Crippen LogP contribution in [0.25, 0.3) is 68.6 Å². The smallest absolute Gasteiger partial charge is 0.251 e. The molecule has 6 aliphatic heterocycles. The van der Waals surface area contributed by atoms with Gasteiger partial charge < -0.3 is 0 Å². The summed E-state index contributed by atoms with van der Waals surface area (Å²) in [5, 5.41) is 26.0. The Morgan fingerprint density at radius 1 is 0.391 bits per heavy atom. The summed E-state index contributed by atoms with van der Waals surface area (Å²) in [7, 11) is 0. The third kappa shape index (κ3) is 7.33. The number of fused-ring (bicyclic) bond motifs is 30. The fourth-order valence-electron chi connectivity index (χ4n) is 13.4. The lowest BCUT2D eigenvalue weighted by Crippen LogP contribution is -2.77. The largest absolute Gasteiger partial charge is 0.584 e. The topological polar surface area (TPSA) is 182 Å². The Hall–Kier alpha value is -10.8. The van der Waals surface area contributed by atoms with Crippen molar-refractivity contribution in [3.8, 4) is 68.6 Å². The van der Waals surface area contributed by atoms with Gasteiger partial charge in [-0.3, -0.25) is 4.98 Å². The summed E-state index contributed by atoms with van der Waals surface area (Å²) in [5.41, 5.74) is 8.82. The van der Waals surface area contributed by atoms with Gasteiger partial charge in [0.25, 0.3) is 17.8 Å². The second-order valence-corrected chi connectivity index (χ2v) is 25.1. The van der Waals surface area contributed by atoms with Crippen molar-refractivity contribution >= 4 is 0 Å². The monoisotopic (exact) mass is 1260 g/mol. The molecule has 31 heteroatoms. The standard InChI is InChI=1S/2C22H20F3N7.C17H11F3N8/c1-13-9-17-16-10-14(20(2,3)4)6-8-29(16)22(31(17)27-13)30-12-26-7-5-15(30)18-11-19(21(23,24)25)28-32(18)22;1-13-10-16-15-11-14(20(2,3)4)6-9-29(15)22(31(16)27-13)30-8-5-7-26-19(30)17-12-18(21(23,24)25)28-32(17)22;1-10-8-12-11-4-2-3-6-25(11)17(27(12)23-10)26-7-5-21-9-13(26)14-22-15(16(18,19)20)24-28(14)17/h2*5-12H,1-4H3;2-9H,1H3/q3*+2. The molecule has 0 N–H and O–H groups in total. The molecule has 6 aliphatic rings. The molecule has 12 aromatic rings. The van der Waals surface area contributed by atoms with E-state index >= 15 is 0 Å². The van der Waals surface area contributed by atoms with E-state index in [1.807, 2.05) is 105 Å². The van der Waals surface area contributed by atoms with Crippen LogP contribution in [0.4, 0.5) is 39.5 Å². The Morgan fingerprint density at radius 3 is 1.43 bits per heavy atom. The molecule has 12 aromatic heterocycles. The minimum atomic E-state index is -4.67. The fraction of sp³-hybridized carbons (Fsp3) is 0.279. The predicted octanol–water partition coefficient (Wildman–Crippen LogP) is 6.64. The number of aryl methyl sites for hydroxylation is 3. The second kappa shape index (κ2) is 18.0. The van der Waals surface area contributed by atoms with Gasteiger partial charge >= 0.3 is 42.1 Å². The van der Waals surface area contributed by atoms with Gasteiger partial charge in [0.15, 0.2) is 47.6 Å². The summed E-state index contributed by atoms with van der Waals surface area (Å²) in [4.78, 5) is 16.5. The highest BCUT2D eigenvalue weighted by molar-refractivity contribution is 5.61. The molecule has 0 saturated carbocycles. The van der Waals surface area contributed by atoms with Crippen LogP contribution in [-0.2, 0) is 47.1 Å². The van der Waals surface area contributed by atoms with Gasteiger partial charge in [-0.1, -0.05) is 60.3 Å². The Morgan fingerprint density at radius 2 is 0.870 bits per heavy atom. The maximum Gasteiger partial charge on any atom is 0.584 e. The first-order chi connectivity index (χ1) is 43.5. The molecule has 18 rings (SSSR count). The molecule has 92 heavy (non-hydrogen) atoms. The molecule has 0 amide bonds. The number of alkyl halides is 9. The van der Waals surface area contributed by atoms with Crippen molar-refractivity contribution in [3.63, 3.8) is 0 Å². The van der Waals surface area contributed by atoms with Gasteiger partial charge in [0, 0.05) is 60.7 Å². The Kier molecular flexibility index (Phi) is 11.1. The van der Waals surface area contributed by atoms with Gasteiger partial charge in [-0.05, 0) is 72.0 Å². The minimum Gasteiger partial charge on any atom is -0.251 e. The number of nitrogens with zero attached hydrogens (tertiary/aromatic N) is 22. The van der Waals surface area contributed by atoms with Gasteiger partial charge in [-0.2, -0.15) is 70.0 Å². The van der Waals surface area contributed by atoms with E-state index in [-0.39, 0.29) is 22.3 Å². The first-order valence-corrected chi connectivity index (χ1v) is 28.9. The Labute approximate surface area is 514 Å². The highest BCUT2D eigenvalue weighted by Gasteiger charge is 2.72. The van der Waals surface area contributed by atoms with Crippen molar-refractivity contribution in [1.82, 2.24) is 78.6 Å². The van der Waals surface area contributed by atoms with Crippen molar-refractivity contribution in [1.29, 1.82) is 0 Å². The summed E-state index contributed by atoms with van der Waals surface area (Å²) in [6.45, 7) is 18.3. The highest BCUT2D eigenvalue weighted by atomic mass is 19.4. The lowest BCUT2D eigenvalue weighted by atomic mass is 9.87. The number of hydrogen-bond donors (Lipinski definition) is 0. The van der Waals surface area contributed by atoms with E-state index in [1.54, 1.807) is 74.3 Å². The maximum absolute atomic E-state index is 13.6. The normalized spacial score (nSPS) is 18.7. The molecule has 3 spiro atoms. The third-order valence-corrected chi connectivity index (χ3v) is 17.3. The van der Waals surface area contributed by atoms with Crippen LogP contribution in [0.3, 0.4) is 0 Å². The van der Waals surface area contributed by atoms with Gasteiger partial charge in [-0.15, -0.1) is 46.8 Å². The van der Waals surface area contributed by atoms with Crippen LogP contribution in [0.2, 0.25) is 0 Å². The molecule has 3 atom stereocenters. The summed E-state index contributed by atoms with van der Waals surface area (Å²) < 4.78 is 142. The van der Waals surface area contributed by atoms with Crippen LogP contribution in [0.5, 0.6) is 0 Å². The van der Waals surface area contributed by atoms with E-state index in [0.717, 1.165) is 74.5 Å². The zero-order valence-electron chi connectivity index (χ0n) is 50.1. The lowest BCUT2D eigenvalue weighted by molar-refractivity contribution is -0.992. The molecular weight excluding hydrogens is 1210 g/mol. The van der Waals surface area contributed by atoms with Gasteiger partial charge in [-0.25, -0.2) is 0 Å². The third-order valence-electron chi connectivity index (χ3n) is 17.3. The van der Waals surface area contributed by atoms with Crippen molar-refractivity contribution in [2.45, 2.75) is 109 Å². The van der Waals surface area contributed by atoms with Crippen LogP contribution >= 0.6 is 0 Å². The molecule has 0 radical (unpaired) electrons. The first kappa shape index (κ1) is 56.5. The summed E-state index contributed by atoms with van der Waals surface area (Å²) in [6, 6.07) is 25.1. The average molecular weight is 1260 g/mol. The number of rotatable bonds is 0. The number of pyridine rings is 3. The zero-order chi connectivity index (χ0) is 64.5. The van der Waals surface area contributed by atoms with Crippen LogP contribution in [0, 0.1) is 20.8 Å². The molecule has 22 nitrogen and oxygen atoms in total. The predicted molar refractivity (Wildman–Crippen MR) is 297 cm³/mol. The average Bonchev–Trinajstić information content (AvgIpc) is 1.52. The molecule has 0 saturated heterocycles. The number of halogens is 9. The molecular formula is C61H51F9N22+6. The van der Waals surface area contributed by atoms with E-state index in [9.17, 15) is 39.5 Å². The molecule has 3 unspecified atom stereocenters. The fourth-order valence-corrected chi connectivity index (χ4v) is 13.4. The van der Waals surface area contributed by atoms with Crippen molar-refractivity contribution < 1.29 is 66.9 Å². The summed E-state index contributed by atoms with van der Waals surface area (Å²) in [5.74, 6) is -4.72. The zero-order valence-corrected chi connectivity index (χ0v) is 50.1. The SMILES string of the molecule is Cc1cc2n(n1)C1(n3nc(C(F)(F)F)cc3-c3ccnc[n+]31)[n+]1ccc(C(C)(C)C)cc1-2.Cc1cc2n(n1)C1(n3nc(C(F)(F)F)cc3-c3nccc[n+]31)[n+]1ccc(C(C)(C)C)cc1-2.Cc1cc2n(n1)C1(n3nc(C(F)(F)F)nc3-c3cncc[n+]31)[n+]1ccccc1-2. The molecule has 0 fully saturated rings. The van der Waals surface area contributed by atoms with Crippen LogP contribution < -0.4 is 27.4 Å². The van der Waals surface area contributed by atoms with Crippen molar-refractivity contribution in [2.24, 2.45) is 0 Å². The Bertz CT molecular complexity index is 4920. The molecule has 462 valence electrons. The van der Waals surface area contributed by atoms with Gasteiger partial charge in [0.2, 0.25) is 22.9 Å². The Balaban J connectivity index is 0.000000110. The van der Waals surface area contributed by atoms with E-state index in [4.69, 9.17) is 10.2 Å². The first-order valence-electron chi connectivity index (χ1n) is 28.9. The lowest BCUT2D eigenvalue weighted by Gasteiger charge is -2.21. The number of hydrogen-bond acceptors (Lipinski definition) is 10. The van der Waals surface area contributed by atoms with Crippen LogP contribution in [0.1, 0.15) is 87.0 Å². The molecule has 0 aliphatic carbocycles. The van der Waals surface area contributed by atoms with Crippen molar-refractivity contribution in [3.05, 3.63) is 192 Å². The quantitative estimate of drug-likeness (QED) is 0.118. The van der Waals surface area contributed by atoms with Crippen LogP contribution in [0.15, 0.2) is 147 Å². The summed E-state index contributed by atoms with van der Waals surface area (Å²) in [6.07, 6.45) is 3.04. The minimum absolute atomic E-state index is 0.0729. The number of aromatic nitrogens is 22. The van der Waals surface area contributed by atoms with Gasteiger partial charge in [0.1, 0.15) is 47.6 Å². The molecule has 0 bridgehead atoms. The van der Waals surface area contributed by atoms with Gasteiger partial charge in [0.05, 0.1) is 23.3 Å². The second-order valence-electron chi connectivity index (χ2n) is 25.1. The maximum atomic E-state index is 13.6. The highest BCUT2D eigenvalue weighted by Crippen LogP contribution is 2.45. The van der Waals surface area contributed by atoms with E-state index in [0.29, 0.717) is 22.9 Å². The molecule has 18 heterocycles. The van der Waals surface area contributed by atoms with Crippen molar-refractivity contribution in [2.75, 3.05) is 0 Å². The van der Waals surface area contributed by atoms with E-state index < -0.39 is 53.5 Å².